The number of rotatable bonds is 5. The highest BCUT2D eigenvalue weighted by Gasteiger charge is 2.12. The molecular weight excluding hydrogens is 306 g/mol. The van der Waals surface area contributed by atoms with Gasteiger partial charge in [-0.3, -0.25) is 9.88 Å². The molecule has 0 aliphatic rings. The van der Waals surface area contributed by atoms with Gasteiger partial charge in [-0.2, -0.15) is 0 Å². The number of pyridine rings is 1. The molecule has 24 heavy (non-hydrogen) atoms. The number of hydrogen-bond acceptors (Lipinski definition) is 7. The number of benzene rings is 1. The maximum absolute atomic E-state index is 5.43. The zero-order chi connectivity index (χ0) is 16.4. The molecule has 3 aromatic heterocycles. The van der Waals surface area contributed by atoms with Gasteiger partial charge < -0.3 is 4.52 Å². The molecule has 120 valence electrons. The van der Waals surface area contributed by atoms with Crippen LogP contribution in [0.2, 0.25) is 0 Å². The highest BCUT2D eigenvalue weighted by atomic mass is 16.6. The lowest BCUT2D eigenvalue weighted by Crippen LogP contribution is -2.17. The molecular formula is C17H15N5O2. The number of aromatic nitrogens is 4. The van der Waals surface area contributed by atoms with E-state index in [4.69, 9.17) is 9.15 Å². The fraction of sp³-hybridized carbons (Fsp3) is 0.176. The van der Waals surface area contributed by atoms with Crippen molar-refractivity contribution in [1.82, 2.24) is 25.4 Å². The van der Waals surface area contributed by atoms with Crippen molar-refractivity contribution in [2.45, 2.75) is 13.1 Å². The van der Waals surface area contributed by atoms with Gasteiger partial charge in [-0.1, -0.05) is 17.3 Å². The first-order chi connectivity index (χ1) is 11.8. The summed E-state index contributed by atoms with van der Waals surface area (Å²) in [6.07, 6.45) is 3.50. The monoisotopic (exact) mass is 321 g/mol. The van der Waals surface area contributed by atoms with Gasteiger partial charge in [0.1, 0.15) is 16.7 Å². The smallest absolute Gasteiger partial charge is 0.151 e. The first-order valence-electron chi connectivity index (χ1n) is 7.54. The zero-order valence-corrected chi connectivity index (χ0v) is 13.1. The minimum absolute atomic E-state index is 0.634. The van der Waals surface area contributed by atoms with E-state index in [0.29, 0.717) is 13.1 Å². The summed E-state index contributed by atoms with van der Waals surface area (Å²) in [4.78, 5) is 6.22. The Balaban J connectivity index is 1.48. The summed E-state index contributed by atoms with van der Waals surface area (Å²) in [5.41, 5.74) is 4.34. The molecule has 1 aromatic carbocycles. The van der Waals surface area contributed by atoms with Crippen LogP contribution in [-0.2, 0) is 13.1 Å². The third kappa shape index (κ3) is 2.89. The molecule has 0 aliphatic heterocycles. The maximum atomic E-state index is 5.43. The van der Waals surface area contributed by atoms with Crippen molar-refractivity contribution in [3.8, 4) is 11.3 Å². The third-order valence-electron chi connectivity index (χ3n) is 3.75. The van der Waals surface area contributed by atoms with Gasteiger partial charge in [0.05, 0.1) is 6.54 Å². The van der Waals surface area contributed by atoms with Crippen molar-refractivity contribution in [2.24, 2.45) is 0 Å². The molecule has 4 rings (SSSR count). The fourth-order valence-corrected chi connectivity index (χ4v) is 2.64. The second kappa shape index (κ2) is 6.21. The molecule has 7 nitrogen and oxygen atoms in total. The molecule has 0 saturated heterocycles. The van der Waals surface area contributed by atoms with Gasteiger partial charge in [0.2, 0.25) is 0 Å². The molecule has 3 heterocycles. The minimum atomic E-state index is 0.634. The first-order valence-corrected chi connectivity index (χ1v) is 7.54. The van der Waals surface area contributed by atoms with E-state index in [-0.39, 0.29) is 0 Å². The summed E-state index contributed by atoms with van der Waals surface area (Å²) in [5, 5.41) is 11.9. The Morgan fingerprint density at radius 1 is 1.04 bits per heavy atom. The minimum Gasteiger partial charge on any atom is -0.359 e. The van der Waals surface area contributed by atoms with E-state index in [1.165, 1.54) is 0 Å². The SMILES string of the molecule is CN(Cc1cc(-c2cccnc2)no1)Cc1cccc2nonc12. The van der Waals surface area contributed by atoms with Crippen LogP contribution in [0.5, 0.6) is 0 Å². The van der Waals surface area contributed by atoms with Crippen LogP contribution in [0.3, 0.4) is 0 Å². The van der Waals surface area contributed by atoms with E-state index < -0.39 is 0 Å². The van der Waals surface area contributed by atoms with E-state index in [1.807, 2.05) is 43.4 Å². The van der Waals surface area contributed by atoms with Gasteiger partial charge in [-0.15, -0.1) is 0 Å². The third-order valence-corrected chi connectivity index (χ3v) is 3.75. The lowest BCUT2D eigenvalue weighted by molar-refractivity contribution is 0.267. The highest BCUT2D eigenvalue weighted by molar-refractivity contribution is 5.76. The second-order valence-electron chi connectivity index (χ2n) is 5.64. The van der Waals surface area contributed by atoms with E-state index in [0.717, 1.165) is 33.6 Å². The zero-order valence-electron chi connectivity index (χ0n) is 13.1. The summed E-state index contributed by atoms with van der Waals surface area (Å²) >= 11 is 0. The van der Waals surface area contributed by atoms with Crippen LogP contribution in [0.25, 0.3) is 22.3 Å². The Morgan fingerprint density at radius 3 is 2.88 bits per heavy atom. The Labute approximate surface area is 137 Å². The summed E-state index contributed by atoms with van der Waals surface area (Å²) in [5.74, 6) is 0.793. The average molecular weight is 321 g/mol. The van der Waals surface area contributed by atoms with Gasteiger partial charge in [0.25, 0.3) is 0 Å². The van der Waals surface area contributed by atoms with E-state index in [2.05, 4.69) is 25.4 Å². The summed E-state index contributed by atoms with van der Waals surface area (Å²) in [6.45, 7) is 1.34. The molecule has 0 spiro atoms. The Kier molecular flexibility index (Phi) is 3.76. The van der Waals surface area contributed by atoms with Crippen LogP contribution in [0, 0.1) is 0 Å². The van der Waals surface area contributed by atoms with Crippen molar-refractivity contribution < 1.29 is 9.15 Å². The number of fused-ring (bicyclic) bond motifs is 1. The summed E-state index contributed by atoms with van der Waals surface area (Å²) < 4.78 is 10.2. The summed E-state index contributed by atoms with van der Waals surface area (Å²) in [6, 6.07) is 11.6. The molecule has 0 N–H and O–H groups in total. The summed E-state index contributed by atoms with van der Waals surface area (Å²) in [7, 11) is 2.01. The average Bonchev–Trinajstić information content (AvgIpc) is 3.25. The van der Waals surface area contributed by atoms with Crippen LogP contribution < -0.4 is 0 Å². The maximum Gasteiger partial charge on any atom is 0.151 e. The van der Waals surface area contributed by atoms with Gasteiger partial charge >= 0.3 is 0 Å². The van der Waals surface area contributed by atoms with Crippen molar-refractivity contribution in [3.05, 3.63) is 60.1 Å². The molecule has 0 bridgehead atoms. The van der Waals surface area contributed by atoms with Gasteiger partial charge in [0, 0.05) is 30.6 Å². The van der Waals surface area contributed by atoms with Crippen molar-refractivity contribution in [3.63, 3.8) is 0 Å². The number of hydrogen-bond donors (Lipinski definition) is 0. The molecule has 0 saturated carbocycles. The Hall–Kier alpha value is -3.06. The molecule has 4 aromatic rings. The van der Waals surface area contributed by atoms with E-state index >= 15 is 0 Å². The quantitative estimate of drug-likeness (QED) is 0.559. The predicted octanol–water partition coefficient (Wildman–Crippen LogP) is 2.90. The highest BCUT2D eigenvalue weighted by Crippen LogP contribution is 2.20. The Bertz CT molecular complexity index is 948. The number of nitrogens with zero attached hydrogens (tertiary/aromatic N) is 5. The van der Waals surface area contributed by atoms with E-state index in [1.54, 1.807) is 12.4 Å². The predicted molar refractivity (Wildman–Crippen MR) is 86.7 cm³/mol. The topological polar surface area (TPSA) is 81.1 Å². The fourth-order valence-electron chi connectivity index (χ4n) is 2.64. The van der Waals surface area contributed by atoms with Crippen LogP contribution in [0.1, 0.15) is 11.3 Å². The lowest BCUT2D eigenvalue weighted by atomic mass is 10.1. The van der Waals surface area contributed by atoms with Crippen molar-refractivity contribution in [1.29, 1.82) is 0 Å². The van der Waals surface area contributed by atoms with Crippen molar-refractivity contribution >= 4 is 11.0 Å². The molecule has 0 unspecified atom stereocenters. The standard InChI is InChI=1S/C17H15N5O2/c1-22(10-13-4-2-6-15-17(13)21-24-20-15)11-14-8-16(19-23-14)12-5-3-7-18-9-12/h2-9H,10-11H2,1H3. The van der Waals surface area contributed by atoms with Crippen LogP contribution in [0.15, 0.2) is 57.9 Å². The van der Waals surface area contributed by atoms with Gasteiger partial charge in [-0.05, 0) is 41.1 Å². The second-order valence-corrected chi connectivity index (χ2v) is 5.64. The van der Waals surface area contributed by atoms with E-state index in [9.17, 15) is 0 Å². The molecule has 7 heteroatoms. The van der Waals surface area contributed by atoms with Crippen molar-refractivity contribution in [2.75, 3.05) is 7.05 Å². The Morgan fingerprint density at radius 2 is 2.00 bits per heavy atom. The van der Waals surface area contributed by atoms with Crippen LogP contribution in [0.4, 0.5) is 0 Å². The molecule has 0 aliphatic carbocycles. The first kappa shape index (κ1) is 14.5. The molecule has 0 radical (unpaired) electrons. The van der Waals surface area contributed by atoms with Crippen LogP contribution >= 0.6 is 0 Å². The normalized spacial score (nSPS) is 11.4. The molecule has 0 fully saturated rings. The van der Waals surface area contributed by atoms with Gasteiger partial charge in [-0.25, -0.2) is 4.63 Å². The molecule has 0 amide bonds. The lowest BCUT2D eigenvalue weighted by Gasteiger charge is -2.14. The largest absolute Gasteiger partial charge is 0.359 e. The van der Waals surface area contributed by atoms with Gasteiger partial charge in [0.15, 0.2) is 5.76 Å². The molecule has 0 atom stereocenters. The van der Waals surface area contributed by atoms with Crippen LogP contribution in [-0.4, -0.2) is 32.4 Å².